The van der Waals surface area contributed by atoms with Gasteiger partial charge in [0.2, 0.25) is 0 Å². The molecule has 8 heteroatoms. The molecule has 0 saturated carbocycles. The van der Waals surface area contributed by atoms with Gasteiger partial charge >= 0.3 is 5.69 Å². The fourth-order valence-electron chi connectivity index (χ4n) is 4.35. The van der Waals surface area contributed by atoms with Crippen LogP contribution in [0.5, 0.6) is 11.5 Å². The zero-order valence-corrected chi connectivity index (χ0v) is 17.0. The molecule has 1 amide bonds. The topological polar surface area (TPSA) is 126 Å². The van der Waals surface area contributed by atoms with Gasteiger partial charge in [0.15, 0.2) is 17.0 Å². The van der Waals surface area contributed by atoms with Crippen molar-refractivity contribution < 1.29 is 20.7 Å². The molecule has 0 aliphatic carbocycles. The number of carbonyl (C=O) groups excluding carboxylic acids is 1. The standard InChI is InChI=1S/C22H26N4O4/c1-22(23,13-14-6-7-18(27)19(28)12-14)20(29)25-10-8-15(9-11-25)26-17-5-3-2-4-16(17)24-21(26)30/h2-7,12,15,27-28H,8-11,13,23H2,1H3,(H,24,30)/p+1/t22-/m0/s1. The molecule has 0 radical (unpaired) electrons. The number of H-pyrrole nitrogens is 1. The van der Waals surface area contributed by atoms with Gasteiger partial charge in [0.1, 0.15) is 0 Å². The van der Waals surface area contributed by atoms with E-state index >= 15 is 0 Å². The Kier molecular flexibility index (Phi) is 5.03. The number of amides is 1. The molecule has 8 nitrogen and oxygen atoms in total. The highest BCUT2D eigenvalue weighted by Gasteiger charge is 2.38. The van der Waals surface area contributed by atoms with Crippen LogP contribution in [0.15, 0.2) is 47.3 Å². The van der Waals surface area contributed by atoms with Crippen LogP contribution in [-0.2, 0) is 11.2 Å². The Bertz CT molecular complexity index is 1140. The van der Waals surface area contributed by atoms with E-state index in [-0.39, 0.29) is 29.1 Å². The van der Waals surface area contributed by atoms with E-state index < -0.39 is 5.54 Å². The van der Waals surface area contributed by atoms with E-state index in [1.165, 1.54) is 12.1 Å². The summed E-state index contributed by atoms with van der Waals surface area (Å²) < 4.78 is 1.81. The van der Waals surface area contributed by atoms with Crippen LogP contribution in [0.4, 0.5) is 0 Å². The monoisotopic (exact) mass is 411 g/mol. The maximum Gasteiger partial charge on any atom is 0.326 e. The van der Waals surface area contributed by atoms with Gasteiger partial charge in [-0.2, -0.15) is 0 Å². The van der Waals surface area contributed by atoms with E-state index in [1.807, 2.05) is 29.2 Å². The third kappa shape index (κ3) is 3.66. The Labute approximate surface area is 173 Å². The van der Waals surface area contributed by atoms with Crippen LogP contribution in [0, 0.1) is 0 Å². The summed E-state index contributed by atoms with van der Waals surface area (Å²) in [5.74, 6) is -0.453. The van der Waals surface area contributed by atoms with Gasteiger partial charge in [0.05, 0.1) is 11.0 Å². The van der Waals surface area contributed by atoms with Gasteiger partial charge in [-0.3, -0.25) is 9.36 Å². The number of nitrogens with one attached hydrogen (secondary N) is 1. The van der Waals surface area contributed by atoms with E-state index in [9.17, 15) is 19.8 Å². The number of phenols is 2. The lowest BCUT2D eigenvalue weighted by Gasteiger charge is -2.35. The minimum absolute atomic E-state index is 0.0443. The summed E-state index contributed by atoms with van der Waals surface area (Å²) in [6, 6.07) is 12.2. The summed E-state index contributed by atoms with van der Waals surface area (Å²) in [5, 5.41) is 19.2. The number of rotatable bonds is 4. The Morgan fingerprint density at radius 3 is 2.57 bits per heavy atom. The molecule has 0 spiro atoms. The molecule has 1 atom stereocenters. The Morgan fingerprint density at radius 2 is 1.87 bits per heavy atom. The van der Waals surface area contributed by atoms with Crippen LogP contribution in [-0.4, -0.2) is 49.2 Å². The highest BCUT2D eigenvalue weighted by atomic mass is 16.3. The predicted molar refractivity (Wildman–Crippen MR) is 112 cm³/mol. The quantitative estimate of drug-likeness (QED) is 0.480. The van der Waals surface area contributed by atoms with Crippen LogP contribution in [0.25, 0.3) is 11.0 Å². The number of benzene rings is 2. The van der Waals surface area contributed by atoms with Gasteiger partial charge in [-0.25, -0.2) is 4.79 Å². The minimum atomic E-state index is -0.895. The lowest BCUT2D eigenvalue weighted by molar-refractivity contribution is -0.454. The van der Waals surface area contributed by atoms with Crippen molar-refractivity contribution in [2.45, 2.75) is 37.8 Å². The van der Waals surface area contributed by atoms with Crippen molar-refractivity contribution in [2.24, 2.45) is 0 Å². The number of nitrogens with zero attached hydrogens (tertiary/aromatic N) is 2. The number of aromatic amines is 1. The Morgan fingerprint density at radius 1 is 1.17 bits per heavy atom. The van der Waals surface area contributed by atoms with Gasteiger partial charge in [-0.15, -0.1) is 0 Å². The van der Waals surface area contributed by atoms with E-state index in [0.29, 0.717) is 32.4 Å². The number of hydrogen-bond acceptors (Lipinski definition) is 4. The highest BCUT2D eigenvalue weighted by Crippen LogP contribution is 2.28. The molecule has 1 saturated heterocycles. The number of quaternary nitrogens is 1. The summed E-state index contributed by atoms with van der Waals surface area (Å²) >= 11 is 0. The molecule has 0 unspecified atom stereocenters. The van der Waals surface area contributed by atoms with Crippen molar-refractivity contribution in [3.8, 4) is 11.5 Å². The summed E-state index contributed by atoms with van der Waals surface area (Å²) in [7, 11) is 0. The molecular weight excluding hydrogens is 384 g/mol. The number of fused-ring (bicyclic) bond motifs is 1. The number of piperidine rings is 1. The molecule has 1 aromatic heterocycles. The average Bonchev–Trinajstić information content (AvgIpc) is 3.06. The summed E-state index contributed by atoms with van der Waals surface area (Å²) in [5.41, 5.74) is 5.56. The van der Waals surface area contributed by atoms with Crippen LogP contribution < -0.4 is 11.4 Å². The maximum atomic E-state index is 13.1. The van der Waals surface area contributed by atoms with Crippen LogP contribution in [0.2, 0.25) is 0 Å². The number of para-hydroxylation sites is 2. The van der Waals surface area contributed by atoms with Crippen molar-refractivity contribution in [2.75, 3.05) is 13.1 Å². The van der Waals surface area contributed by atoms with Crippen LogP contribution in [0.1, 0.15) is 31.4 Å². The van der Waals surface area contributed by atoms with Gasteiger partial charge < -0.3 is 25.8 Å². The SMILES string of the molecule is C[C@]([NH3+])(Cc1ccc(O)c(O)c1)C(=O)N1CCC(n2c(=O)[nH]c3ccccc32)CC1. The van der Waals surface area contributed by atoms with Crippen molar-refractivity contribution in [1.82, 2.24) is 14.5 Å². The molecule has 1 fully saturated rings. The molecule has 4 rings (SSSR count). The molecule has 1 aliphatic heterocycles. The Balaban J connectivity index is 1.45. The second-order valence-corrected chi connectivity index (χ2v) is 8.40. The molecule has 1 aliphatic rings. The number of imidazole rings is 1. The summed E-state index contributed by atoms with van der Waals surface area (Å²) in [6.07, 6.45) is 1.74. The predicted octanol–water partition coefficient (Wildman–Crippen LogP) is 1.15. The third-order valence-corrected chi connectivity index (χ3v) is 5.89. The lowest BCUT2D eigenvalue weighted by atomic mass is 9.91. The van der Waals surface area contributed by atoms with Gasteiger partial charge in [0.25, 0.3) is 5.91 Å². The van der Waals surface area contributed by atoms with E-state index in [4.69, 9.17) is 0 Å². The zero-order chi connectivity index (χ0) is 21.5. The number of aromatic nitrogens is 2. The number of phenolic OH excluding ortho intramolecular Hbond substituents is 2. The number of carbonyl (C=O) groups is 1. The molecule has 2 aromatic carbocycles. The third-order valence-electron chi connectivity index (χ3n) is 5.89. The number of hydrogen-bond donors (Lipinski definition) is 4. The lowest BCUT2D eigenvalue weighted by Crippen LogP contribution is -2.78. The first-order chi connectivity index (χ1) is 14.3. The Hall–Kier alpha value is -3.26. The maximum absolute atomic E-state index is 13.1. The van der Waals surface area contributed by atoms with Crippen molar-refractivity contribution in [3.05, 3.63) is 58.5 Å². The van der Waals surface area contributed by atoms with Crippen LogP contribution >= 0.6 is 0 Å². The molecule has 2 heterocycles. The largest absolute Gasteiger partial charge is 0.504 e. The first-order valence-corrected chi connectivity index (χ1v) is 10.1. The number of aromatic hydroxyl groups is 2. The van der Waals surface area contributed by atoms with Gasteiger partial charge in [-0.1, -0.05) is 18.2 Å². The van der Waals surface area contributed by atoms with E-state index in [0.717, 1.165) is 16.6 Å². The molecule has 3 aromatic rings. The van der Waals surface area contributed by atoms with Crippen LogP contribution in [0.3, 0.4) is 0 Å². The first kappa shape index (κ1) is 20.0. The summed E-state index contributed by atoms with van der Waals surface area (Å²) in [4.78, 5) is 30.3. The van der Waals surface area contributed by atoms with Crippen molar-refractivity contribution in [3.63, 3.8) is 0 Å². The molecule has 6 N–H and O–H groups in total. The average molecular weight is 411 g/mol. The summed E-state index contributed by atoms with van der Waals surface area (Å²) in [6.45, 7) is 2.90. The van der Waals surface area contributed by atoms with Gasteiger partial charge in [-0.05, 0) is 42.7 Å². The van der Waals surface area contributed by atoms with E-state index in [2.05, 4.69) is 10.7 Å². The smallest absolute Gasteiger partial charge is 0.326 e. The minimum Gasteiger partial charge on any atom is -0.504 e. The zero-order valence-electron chi connectivity index (χ0n) is 17.0. The highest BCUT2D eigenvalue weighted by molar-refractivity contribution is 5.84. The molecular formula is C22H27N4O4+. The first-order valence-electron chi connectivity index (χ1n) is 10.1. The second kappa shape index (κ2) is 7.53. The molecule has 0 bridgehead atoms. The normalized spacial score (nSPS) is 17.2. The fourth-order valence-corrected chi connectivity index (χ4v) is 4.35. The van der Waals surface area contributed by atoms with Crippen molar-refractivity contribution >= 4 is 16.9 Å². The van der Waals surface area contributed by atoms with Crippen molar-refractivity contribution in [1.29, 1.82) is 0 Å². The number of likely N-dealkylation sites (tertiary alicyclic amines) is 1. The second-order valence-electron chi connectivity index (χ2n) is 8.40. The van der Waals surface area contributed by atoms with E-state index in [1.54, 1.807) is 17.6 Å². The fraction of sp³-hybridized carbons (Fsp3) is 0.364. The van der Waals surface area contributed by atoms with Gasteiger partial charge in [0, 0.05) is 32.5 Å². The molecule has 158 valence electrons. The molecule has 30 heavy (non-hydrogen) atoms.